The van der Waals surface area contributed by atoms with E-state index in [0.29, 0.717) is 12.3 Å². The predicted octanol–water partition coefficient (Wildman–Crippen LogP) is 4.57. The van der Waals surface area contributed by atoms with Crippen molar-refractivity contribution in [3.8, 4) is 23.1 Å². The molecular weight excluding hydrogens is 306 g/mol. The number of methoxy groups -OCH3 is 1. The fraction of sp³-hybridized carbons (Fsp3) is 0.333. The van der Waals surface area contributed by atoms with E-state index < -0.39 is 0 Å². The molecule has 118 valence electrons. The van der Waals surface area contributed by atoms with E-state index in [9.17, 15) is 5.26 Å². The van der Waals surface area contributed by atoms with Crippen molar-refractivity contribution in [3.05, 3.63) is 40.5 Å². The number of nitrogens with zero attached hydrogens (tertiary/aromatic N) is 3. The van der Waals surface area contributed by atoms with Crippen molar-refractivity contribution in [2.24, 2.45) is 0 Å². The first-order chi connectivity index (χ1) is 11.1. The van der Waals surface area contributed by atoms with Crippen LogP contribution in [0.15, 0.2) is 23.6 Å². The highest BCUT2D eigenvalue weighted by atomic mass is 32.1. The zero-order valence-electron chi connectivity index (χ0n) is 13.8. The Hall–Kier alpha value is -2.32. The largest absolute Gasteiger partial charge is 0.496 e. The summed E-state index contributed by atoms with van der Waals surface area (Å²) in [5, 5.41) is 11.3. The number of fused-ring (bicyclic) bond motifs is 1. The molecule has 0 amide bonds. The van der Waals surface area contributed by atoms with Gasteiger partial charge in [0.1, 0.15) is 5.75 Å². The second-order valence-corrected chi connectivity index (χ2v) is 6.69. The lowest BCUT2D eigenvalue weighted by Gasteiger charge is -2.09. The van der Waals surface area contributed by atoms with E-state index in [2.05, 4.69) is 41.8 Å². The molecule has 2 heterocycles. The van der Waals surface area contributed by atoms with Crippen LogP contribution in [-0.2, 0) is 6.42 Å². The van der Waals surface area contributed by atoms with Crippen molar-refractivity contribution in [1.82, 2.24) is 9.38 Å². The van der Waals surface area contributed by atoms with Crippen LogP contribution in [0.1, 0.15) is 36.7 Å². The molecule has 23 heavy (non-hydrogen) atoms. The zero-order chi connectivity index (χ0) is 16.6. The highest BCUT2D eigenvalue weighted by Gasteiger charge is 2.19. The summed E-state index contributed by atoms with van der Waals surface area (Å²) in [7, 11) is 1.68. The lowest BCUT2D eigenvalue weighted by Crippen LogP contribution is -1.99. The van der Waals surface area contributed by atoms with E-state index >= 15 is 0 Å². The highest BCUT2D eigenvalue weighted by Crippen LogP contribution is 2.33. The van der Waals surface area contributed by atoms with Gasteiger partial charge in [-0.1, -0.05) is 13.8 Å². The van der Waals surface area contributed by atoms with Crippen molar-refractivity contribution >= 4 is 16.3 Å². The van der Waals surface area contributed by atoms with Gasteiger partial charge in [0, 0.05) is 5.38 Å². The fourth-order valence-electron chi connectivity index (χ4n) is 2.88. The standard InChI is InChI=1S/C18H19N3OS/c1-11(2)17-14(7-8-19)21-15(10-23-18(21)20-17)13-5-6-16(22-4)12(3)9-13/h5-6,9-11H,7H2,1-4H3. The third-order valence-electron chi connectivity index (χ3n) is 3.97. The molecule has 0 radical (unpaired) electrons. The monoisotopic (exact) mass is 325 g/mol. The molecule has 2 aromatic heterocycles. The summed E-state index contributed by atoms with van der Waals surface area (Å²) in [6.45, 7) is 6.27. The van der Waals surface area contributed by atoms with Crippen LogP contribution in [0.3, 0.4) is 0 Å². The van der Waals surface area contributed by atoms with E-state index in [1.54, 1.807) is 18.4 Å². The molecule has 0 N–H and O–H groups in total. The van der Waals surface area contributed by atoms with Gasteiger partial charge in [-0.05, 0) is 42.2 Å². The number of hydrogen-bond acceptors (Lipinski definition) is 4. The first-order valence-electron chi connectivity index (χ1n) is 7.57. The highest BCUT2D eigenvalue weighted by molar-refractivity contribution is 7.15. The molecule has 0 aliphatic heterocycles. The third kappa shape index (κ3) is 2.60. The van der Waals surface area contributed by atoms with E-state index in [4.69, 9.17) is 9.72 Å². The van der Waals surface area contributed by atoms with Gasteiger partial charge in [-0.3, -0.25) is 4.40 Å². The number of benzene rings is 1. The van der Waals surface area contributed by atoms with Gasteiger partial charge in [-0.25, -0.2) is 4.98 Å². The van der Waals surface area contributed by atoms with Gasteiger partial charge in [0.2, 0.25) is 0 Å². The Morgan fingerprint density at radius 1 is 1.39 bits per heavy atom. The Morgan fingerprint density at radius 3 is 2.78 bits per heavy atom. The Balaban J connectivity index is 2.22. The first kappa shape index (κ1) is 15.6. The molecule has 5 heteroatoms. The average molecular weight is 325 g/mol. The first-order valence-corrected chi connectivity index (χ1v) is 8.45. The van der Waals surface area contributed by atoms with E-state index in [-0.39, 0.29) is 0 Å². The SMILES string of the molecule is COc1ccc(-c2csc3nc(C(C)C)c(CC#N)n23)cc1C. The second kappa shape index (κ2) is 6.05. The maximum Gasteiger partial charge on any atom is 0.194 e. The maximum absolute atomic E-state index is 9.21. The molecule has 0 atom stereocenters. The molecule has 1 aromatic carbocycles. The molecule has 0 aliphatic rings. The van der Waals surface area contributed by atoms with Gasteiger partial charge in [-0.2, -0.15) is 5.26 Å². The number of aryl methyl sites for hydroxylation is 1. The minimum atomic E-state index is 0.302. The van der Waals surface area contributed by atoms with Gasteiger partial charge < -0.3 is 4.74 Å². The number of hydrogen-bond donors (Lipinski definition) is 0. The summed E-state index contributed by atoms with van der Waals surface area (Å²) < 4.78 is 7.47. The lowest BCUT2D eigenvalue weighted by molar-refractivity contribution is 0.412. The van der Waals surface area contributed by atoms with Gasteiger partial charge in [0.15, 0.2) is 4.96 Å². The van der Waals surface area contributed by atoms with E-state index in [0.717, 1.165) is 38.9 Å². The molecule has 0 saturated heterocycles. The van der Waals surface area contributed by atoms with Crippen molar-refractivity contribution in [3.63, 3.8) is 0 Å². The number of nitriles is 1. The van der Waals surface area contributed by atoms with Gasteiger partial charge in [0.25, 0.3) is 0 Å². The van der Waals surface area contributed by atoms with Crippen LogP contribution in [0.4, 0.5) is 0 Å². The average Bonchev–Trinajstić information content (AvgIpc) is 3.08. The minimum Gasteiger partial charge on any atom is -0.496 e. The van der Waals surface area contributed by atoms with Gasteiger partial charge in [0.05, 0.1) is 36.7 Å². The quantitative estimate of drug-likeness (QED) is 0.706. The number of ether oxygens (including phenoxy) is 1. The number of rotatable bonds is 4. The molecule has 0 spiro atoms. The number of thiazole rings is 1. The van der Waals surface area contributed by atoms with Gasteiger partial charge >= 0.3 is 0 Å². The summed E-state index contributed by atoms with van der Waals surface area (Å²) in [5.74, 6) is 1.18. The maximum atomic E-state index is 9.21. The van der Waals surface area contributed by atoms with Crippen LogP contribution in [0.5, 0.6) is 5.75 Å². The summed E-state index contributed by atoms with van der Waals surface area (Å²) >= 11 is 1.61. The summed E-state index contributed by atoms with van der Waals surface area (Å²) in [6, 6.07) is 8.43. The molecule has 4 nitrogen and oxygen atoms in total. The van der Waals surface area contributed by atoms with Crippen LogP contribution in [0, 0.1) is 18.3 Å². The Bertz CT molecular complexity index is 899. The molecule has 0 saturated carbocycles. The van der Waals surface area contributed by atoms with E-state index in [1.165, 1.54) is 0 Å². The Labute approximate surface area is 140 Å². The van der Waals surface area contributed by atoms with Crippen LogP contribution in [0.2, 0.25) is 0 Å². The van der Waals surface area contributed by atoms with Crippen LogP contribution in [0.25, 0.3) is 16.2 Å². The number of imidazole rings is 1. The smallest absolute Gasteiger partial charge is 0.194 e. The topological polar surface area (TPSA) is 50.3 Å². The van der Waals surface area contributed by atoms with Crippen LogP contribution >= 0.6 is 11.3 Å². The zero-order valence-corrected chi connectivity index (χ0v) is 14.6. The third-order valence-corrected chi connectivity index (χ3v) is 4.80. The van der Waals surface area contributed by atoms with Crippen LogP contribution in [-0.4, -0.2) is 16.5 Å². The molecule has 3 aromatic rings. The summed E-state index contributed by atoms with van der Waals surface area (Å²) in [4.78, 5) is 5.69. The molecular formula is C18H19N3OS. The van der Waals surface area contributed by atoms with Crippen molar-refractivity contribution in [1.29, 1.82) is 5.26 Å². The lowest BCUT2D eigenvalue weighted by atomic mass is 10.1. The number of aromatic nitrogens is 2. The van der Waals surface area contributed by atoms with E-state index in [1.807, 2.05) is 13.0 Å². The van der Waals surface area contributed by atoms with Gasteiger partial charge in [-0.15, -0.1) is 11.3 Å². The Morgan fingerprint density at radius 2 is 2.17 bits per heavy atom. The van der Waals surface area contributed by atoms with Crippen molar-refractivity contribution in [2.45, 2.75) is 33.1 Å². The second-order valence-electron chi connectivity index (χ2n) is 5.86. The van der Waals surface area contributed by atoms with Crippen LogP contribution < -0.4 is 4.74 Å². The molecule has 0 fully saturated rings. The fourth-order valence-corrected chi connectivity index (χ4v) is 3.80. The molecule has 0 bridgehead atoms. The summed E-state index contributed by atoms with van der Waals surface area (Å²) in [6.07, 6.45) is 0.369. The predicted molar refractivity (Wildman–Crippen MR) is 93.2 cm³/mol. The minimum absolute atomic E-state index is 0.302. The molecule has 0 aliphatic carbocycles. The Kier molecular flexibility index (Phi) is 4.10. The molecule has 3 rings (SSSR count). The molecule has 0 unspecified atom stereocenters. The normalized spacial score (nSPS) is 11.1. The summed E-state index contributed by atoms with van der Waals surface area (Å²) in [5.41, 5.74) is 5.31. The van der Waals surface area contributed by atoms with Crippen molar-refractivity contribution in [2.75, 3.05) is 7.11 Å². The van der Waals surface area contributed by atoms with Crippen molar-refractivity contribution < 1.29 is 4.74 Å².